The Morgan fingerprint density at radius 1 is 0.897 bits per heavy atom. The molecule has 0 saturated carbocycles. The maximum absolute atomic E-state index is 13.7. The molecular formula is C21H19FN4O2S. The first-order chi connectivity index (χ1) is 14.0. The molecule has 0 saturated heterocycles. The smallest absolute Gasteiger partial charge is 0.258 e. The zero-order valence-corrected chi connectivity index (χ0v) is 16.1. The lowest BCUT2D eigenvalue weighted by atomic mass is 10.2. The number of primary amides is 1. The molecule has 0 heterocycles. The maximum atomic E-state index is 13.7. The first kappa shape index (κ1) is 20.2. The molecule has 8 heteroatoms. The number of carbonyl (C=O) groups is 2. The van der Waals surface area contributed by atoms with E-state index in [2.05, 4.69) is 15.4 Å². The van der Waals surface area contributed by atoms with E-state index in [-0.39, 0.29) is 5.56 Å². The minimum absolute atomic E-state index is 0.00224. The number of amides is 2. The molecule has 2 amide bonds. The van der Waals surface area contributed by atoms with E-state index in [1.807, 2.05) is 18.2 Å². The molecule has 0 aliphatic rings. The van der Waals surface area contributed by atoms with Gasteiger partial charge in [-0.25, -0.2) is 4.39 Å². The van der Waals surface area contributed by atoms with Crippen molar-refractivity contribution in [3.8, 4) is 0 Å². The molecule has 29 heavy (non-hydrogen) atoms. The van der Waals surface area contributed by atoms with Crippen molar-refractivity contribution in [2.45, 2.75) is 0 Å². The summed E-state index contributed by atoms with van der Waals surface area (Å²) in [5.74, 6) is -0.975. The second-order valence-electron chi connectivity index (χ2n) is 6.02. The van der Waals surface area contributed by atoms with Crippen molar-refractivity contribution in [3.05, 3.63) is 89.7 Å². The number of benzene rings is 3. The topological polar surface area (TPSA) is 96.2 Å². The Bertz CT molecular complexity index is 1010. The van der Waals surface area contributed by atoms with Gasteiger partial charge in [-0.05, 0) is 66.5 Å². The van der Waals surface area contributed by atoms with E-state index in [1.54, 1.807) is 36.4 Å². The number of hydrogen-bond donors (Lipinski definition) is 4. The maximum Gasteiger partial charge on any atom is 0.258 e. The predicted molar refractivity (Wildman–Crippen MR) is 115 cm³/mol. The van der Waals surface area contributed by atoms with Gasteiger partial charge in [0, 0.05) is 22.6 Å². The lowest BCUT2D eigenvalue weighted by Crippen LogP contribution is -2.13. The lowest BCUT2D eigenvalue weighted by molar-refractivity contribution is 0.0997. The first-order valence-electron chi connectivity index (χ1n) is 8.70. The molecule has 0 aromatic heterocycles. The third kappa shape index (κ3) is 5.73. The van der Waals surface area contributed by atoms with E-state index in [4.69, 9.17) is 5.73 Å². The normalized spacial score (nSPS) is 10.2. The molecule has 6 nitrogen and oxygen atoms in total. The third-order valence-corrected chi connectivity index (χ3v) is 4.62. The SMILES string of the molecule is NC(=O)c1cccc(NSCNc2ccc(NC(=O)c3ccccc3F)cc2)c1. The summed E-state index contributed by atoms with van der Waals surface area (Å²) in [4.78, 5) is 23.3. The zero-order valence-electron chi connectivity index (χ0n) is 15.3. The fraction of sp³-hybridized carbons (Fsp3) is 0.0476. The molecule has 0 radical (unpaired) electrons. The van der Waals surface area contributed by atoms with Crippen LogP contribution in [0.2, 0.25) is 0 Å². The van der Waals surface area contributed by atoms with Gasteiger partial charge >= 0.3 is 0 Å². The third-order valence-electron chi connectivity index (χ3n) is 3.95. The summed E-state index contributed by atoms with van der Waals surface area (Å²) in [5, 5.41) is 5.88. The number of rotatable bonds is 8. The number of nitrogens with one attached hydrogen (secondary N) is 3. The highest BCUT2D eigenvalue weighted by Gasteiger charge is 2.10. The van der Waals surface area contributed by atoms with Gasteiger partial charge in [0.1, 0.15) is 5.82 Å². The highest BCUT2D eigenvalue weighted by Crippen LogP contribution is 2.18. The van der Waals surface area contributed by atoms with E-state index in [9.17, 15) is 14.0 Å². The van der Waals surface area contributed by atoms with Gasteiger partial charge in [0.25, 0.3) is 5.91 Å². The Morgan fingerprint density at radius 2 is 1.62 bits per heavy atom. The van der Waals surface area contributed by atoms with Gasteiger partial charge < -0.3 is 21.1 Å². The van der Waals surface area contributed by atoms with Crippen LogP contribution in [-0.4, -0.2) is 17.7 Å². The minimum Gasteiger partial charge on any atom is -0.374 e. The Balaban J connectivity index is 1.47. The van der Waals surface area contributed by atoms with Crippen molar-refractivity contribution in [1.82, 2.24) is 0 Å². The molecular weight excluding hydrogens is 391 g/mol. The second-order valence-corrected chi connectivity index (χ2v) is 6.81. The van der Waals surface area contributed by atoms with Crippen molar-refractivity contribution in [1.29, 1.82) is 0 Å². The summed E-state index contributed by atoms with van der Waals surface area (Å²) < 4.78 is 16.8. The lowest BCUT2D eigenvalue weighted by Gasteiger charge is -2.10. The van der Waals surface area contributed by atoms with Gasteiger partial charge in [0.15, 0.2) is 0 Å². The summed E-state index contributed by atoms with van der Waals surface area (Å²) in [6.07, 6.45) is 0. The van der Waals surface area contributed by atoms with Crippen LogP contribution < -0.4 is 21.1 Å². The van der Waals surface area contributed by atoms with Gasteiger partial charge in [0.2, 0.25) is 5.91 Å². The molecule has 0 spiro atoms. The molecule has 3 aromatic carbocycles. The number of halogens is 1. The van der Waals surface area contributed by atoms with Crippen LogP contribution in [0, 0.1) is 5.82 Å². The molecule has 148 valence electrons. The quantitative estimate of drug-likeness (QED) is 0.252. The van der Waals surface area contributed by atoms with Crippen LogP contribution in [0.25, 0.3) is 0 Å². The van der Waals surface area contributed by atoms with Crippen LogP contribution in [0.3, 0.4) is 0 Å². The molecule has 0 bridgehead atoms. The van der Waals surface area contributed by atoms with Gasteiger partial charge in [-0.15, -0.1) is 0 Å². The average Bonchev–Trinajstić information content (AvgIpc) is 2.73. The van der Waals surface area contributed by atoms with Crippen molar-refractivity contribution >= 4 is 40.8 Å². The average molecular weight is 410 g/mol. The van der Waals surface area contributed by atoms with E-state index in [0.29, 0.717) is 17.1 Å². The van der Waals surface area contributed by atoms with Crippen molar-refractivity contribution in [2.75, 3.05) is 21.2 Å². The molecule has 0 aliphatic heterocycles. The molecule has 0 atom stereocenters. The van der Waals surface area contributed by atoms with Crippen LogP contribution in [0.5, 0.6) is 0 Å². The number of anilines is 3. The summed E-state index contributed by atoms with van der Waals surface area (Å²) in [6.45, 7) is 0. The number of nitrogens with two attached hydrogens (primary N) is 1. The largest absolute Gasteiger partial charge is 0.374 e. The zero-order chi connectivity index (χ0) is 20.6. The van der Waals surface area contributed by atoms with Gasteiger partial charge in [-0.3, -0.25) is 9.59 Å². The first-order valence-corrected chi connectivity index (χ1v) is 9.69. The van der Waals surface area contributed by atoms with Gasteiger partial charge in [-0.2, -0.15) is 0 Å². The van der Waals surface area contributed by atoms with E-state index in [1.165, 1.54) is 30.1 Å². The minimum atomic E-state index is -0.561. The van der Waals surface area contributed by atoms with Crippen LogP contribution in [0.1, 0.15) is 20.7 Å². The van der Waals surface area contributed by atoms with Gasteiger partial charge in [0.05, 0.1) is 11.4 Å². The van der Waals surface area contributed by atoms with Crippen molar-refractivity contribution < 1.29 is 14.0 Å². The molecule has 3 aromatic rings. The summed E-state index contributed by atoms with van der Waals surface area (Å²) in [6, 6.07) is 19.8. The highest BCUT2D eigenvalue weighted by atomic mass is 32.2. The monoisotopic (exact) mass is 410 g/mol. The molecule has 3 rings (SSSR count). The second kappa shape index (κ2) is 9.61. The van der Waals surface area contributed by atoms with E-state index in [0.717, 1.165) is 11.4 Å². The van der Waals surface area contributed by atoms with Gasteiger partial charge in [-0.1, -0.05) is 18.2 Å². The van der Waals surface area contributed by atoms with Crippen LogP contribution in [0.15, 0.2) is 72.8 Å². The summed E-state index contributed by atoms with van der Waals surface area (Å²) >= 11 is 1.41. The van der Waals surface area contributed by atoms with Crippen molar-refractivity contribution in [2.24, 2.45) is 5.73 Å². The molecule has 0 unspecified atom stereocenters. The van der Waals surface area contributed by atoms with Crippen LogP contribution >= 0.6 is 11.9 Å². The highest BCUT2D eigenvalue weighted by molar-refractivity contribution is 8.00. The molecule has 5 N–H and O–H groups in total. The van der Waals surface area contributed by atoms with E-state index >= 15 is 0 Å². The Morgan fingerprint density at radius 3 is 2.34 bits per heavy atom. The van der Waals surface area contributed by atoms with Crippen LogP contribution in [-0.2, 0) is 0 Å². The number of hydrogen-bond acceptors (Lipinski definition) is 5. The van der Waals surface area contributed by atoms with Crippen LogP contribution in [0.4, 0.5) is 21.5 Å². The fourth-order valence-electron chi connectivity index (χ4n) is 2.49. The Hall–Kier alpha value is -3.52. The van der Waals surface area contributed by atoms with Crippen molar-refractivity contribution in [3.63, 3.8) is 0 Å². The number of carbonyl (C=O) groups excluding carboxylic acids is 2. The summed E-state index contributed by atoms with van der Waals surface area (Å²) in [7, 11) is 0. The Kier molecular flexibility index (Phi) is 6.70. The standard InChI is InChI=1S/C21H19FN4O2S/c22-19-7-2-1-6-18(19)21(28)25-16-10-8-15(9-11-16)24-13-29-26-17-5-3-4-14(12-17)20(23)27/h1-12,24,26H,13H2,(H2,23,27)(H,25,28). The fourth-order valence-corrected chi connectivity index (χ4v) is 3.09. The molecule has 0 fully saturated rings. The predicted octanol–water partition coefficient (Wildman–Crippen LogP) is 4.31. The Labute approximate surface area is 171 Å². The van der Waals surface area contributed by atoms with E-state index < -0.39 is 17.6 Å². The molecule has 0 aliphatic carbocycles. The summed E-state index contributed by atoms with van der Waals surface area (Å²) in [5.41, 5.74) is 7.90.